The third kappa shape index (κ3) is 8.12. The summed E-state index contributed by atoms with van der Waals surface area (Å²) in [6.07, 6.45) is 3.33. The average molecular weight is 1190 g/mol. The summed E-state index contributed by atoms with van der Waals surface area (Å²) in [6.45, 7) is 20.0. The fourth-order valence-electron chi connectivity index (χ4n) is 15.6. The van der Waals surface area contributed by atoms with E-state index in [0.717, 1.165) is 189 Å². The molecule has 0 N–H and O–H groups in total. The van der Waals surface area contributed by atoms with Crippen LogP contribution in [0.25, 0.3) is 104 Å². The first-order valence-corrected chi connectivity index (χ1v) is 32.3. The van der Waals surface area contributed by atoms with Crippen molar-refractivity contribution in [3.63, 3.8) is 0 Å². The molecule has 0 spiro atoms. The summed E-state index contributed by atoms with van der Waals surface area (Å²) in [7, 11) is 0. The van der Waals surface area contributed by atoms with Gasteiger partial charge in [0.25, 0.3) is 0 Å². The molecule has 0 saturated heterocycles. The van der Waals surface area contributed by atoms with Crippen molar-refractivity contribution in [2.45, 2.75) is 74.1 Å². The molecule has 12 aromatic carbocycles. The van der Waals surface area contributed by atoms with Gasteiger partial charge in [0, 0.05) is 60.2 Å². The van der Waals surface area contributed by atoms with Gasteiger partial charge in [-0.2, -0.15) is 0 Å². The standard InChI is InChI=1S/C86H68N2O4/c1-10-56(43-49(2)3)57-39-41-58(42-40-57)86(67-46-52(6)37-38-53(67)7)68-48-73(88(60-26-16-22-51(5)45-60)71-34-20-32-64-62-30-18-24-55(9)81(62)92-83(64)71)84-77(66-28-12-14-36-75(66)89-84)78(68)79-69(86)47-72(76-65-27-11-13-35-74(65)90-85(76)79)87(59-25-15-21-50(4)44-59)70-33-19-31-63-61-29-17-23-54(8)80(61)91-82(63)70/h11-49H,10H2,1-9H3/b56-43+. The number of nitrogens with zero attached hydrogens (tertiary/aromatic N) is 2. The maximum Gasteiger partial charge on any atom is 0.160 e. The van der Waals surface area contributed by atoms with E-state index in [1.54, 1.807) is 0 Å². The Labute approximate surface area is 534 Å². The molecule has 0 aliphatic heterocycles. The predicted octanol–water partition coefficient (Wildman–Crippen LogP) is 24.9. The van der Waals surface area contributed by atoms with Crippen molar-refractivity contribution >= 4 is 127 Å². The van der Waals surface area contributed by atoms with Crippen LogP contribution in [0.1, 0.15) is 88.4 Å². The number of hydrogen-bond acceptors (Lipinski definition) is 6. The summed E-state index contributed by atoms with van der Waals surface area (Å²) >= 11 is 0. The van der Waals surface area contributed by atoms with Crippen molar-refractivity contribution in [1.82, 2.24) is 0 Å². The molecule has 4 heterocycles. The zero-order valence-corrected chi connectivity index (χ0v) is 53.3. The molecule has 4 aromatic heterocycles. The quantitative estimate of drug-likeness (QED) is 0.129. The zero-order valence-electron chi connectivity index (χ0n) is 53.3. The number of benzene rings is 12. The highest BCUT2D eigenvalue weighted by atomic mass is 16.3. The van der Waals surface area contributed by atoms with Crippen molar-refractivity contribution < 1.29 is 17.7 Å². The molecule has 17 rings (SSSR count). The third-order valence-electron chi connectivity index (χ3n) is 19.6. The highest BCUT2D eigenvalue weighted by molar-refractivity contribution is 6.27. The molecule has 0 radical (unpaired) electrons. The monoisotopic (exact) mass is 1190 g/mol. The van der Waals surface area contributed by atoms with Crippen LogP contribution in [0.3, 0.4) is 0 Å². The molecule has 1 aliphatic rings. The van der Waals surface area contributed by atoms with Crippen LogP contribution in [0.5, 0.6) is 0 Å². The summed E-state index contributed by atoms with van der Waals surface area (Å²) in [6, 6.07) is 82.6. The number of hydrogen-bond donors (Lipinski definition) is 0. The SMILES string of the molecule is CC/C(=C\C(C)C)c1ccc(C2(c3cc(C)ccc3C)c3cc(N(c4cccc(C)c4)c4cccc5c4oc4c(C)cccc45)c4c(oc5ccccc54)c3-c3c2cc(N(c2cccc(C)c2)c2cccc4c2oc2c(C)cccc24)c2oc4ccccc4c32)cc1. The van der Waals surface area contributed by atoms with E-state index in [-0.39, 0.29) is 0 Å². The smallest absolute Gasteiger partial charge is 0.160 e. The van der Waals surface area contributed by atoms with Gasteiger partial charge in [-0.15, -0.1) is 0 Å². The first kappa shape index (κ1) is 55.3. The summed E-state index contributed by atoms with van der Waals surface area (Å²) in [5.41, 5.74) is 27.0. The Kier molecular flexibility index (Phi) is 12.5. The molecule has 0 fully saturated rings. The molecule has 0 saturated carbocycles. The fraction of sp³-hybridized carbons (Fsp3) is 0.140. The Morgan fingerprint density at radius 2 is 0.870 bits per heavy atom. The van der Waals surface area contributed by atoms with Gasteiger partial charge in [-0.25, -0.2) is 0 Å². The van der Waals surface area contributed by atoms with E-state index in [2.05, 4.69) is 303 Å². The lowest BCUT2D eigenvalue weighted by Crippen LogP contribution is -2.30. The molecule has 6 nitrogen and oxygen atoms in total. The Morgan fingerprint density at radius 3 is 1.45 bits per heavy atom. The van der Waals surface area contributed by atoms with Gasteiger partial charge in [-0.3, -0.25) is 0 Å². The Hall–Kier alpha value is -10.8. The van der Waals surface area contributed by atoms with Crippen LogP contribution in [0.4, 0.5) is 34.1 Å². The van der Waals surface area contributed by atoms with Crippen LogP contribution in [0.15, 0.2) is 248 Å². The number of anilines is 6. The van der Waals surface area contributed by atoms with E-state index in [1.165, 1.54) is 16.7 Å². The molecule has 1 atom stereocenters. The van der Waals surface area contributed by atoms with Crippen molar-refractivity contribution in [3.8, 4) is 11.1 Å². The first-order valence-electron chi connectivity index (χ1n) is 32.3. The number of rotatable bonds is 11. The van der Waals surface area contributed by atoms with Gasteiger partial charge in [-0.05, 0) is 176 Å². The molecule has 92 heavy (non-hydrogen) atoms. The van der Waals surface area contributed by atoms with Crippen LogP contribution in [-0.4, -0.2) is 0 Å². The van der Waals surface area contributed by atoms with Gasteiger partial charge < -0.3 is 27.5 Å². The van der Waals surface area contributed by atoms with E-state index in [0.29, 0.717) is 5.92 Å². The van der Waals surface area contributed by atoms with E-state index in [9.17, 15) is 0 Å². The number of allylic oxidation sites excluding steroid dienone is 2. The highest BCUT2D eigenvalue weighted by Gasteiger charge is 2.51. The van der Waals surface area contributed by atoms with E-state index in [1.807, 2.05) is 0 Å². The molecule has 1 aliphatic carbocycles. The molecule has 0 amide bonds. The van der Waals surface area contributed by atoms with Crippen LogP contribution >= 0.6 is 0 Å². The van der Waals surface area contributed by atoms with Gasteiger partial charge in [0.05, 0.1) is 33.6 Å². The molecule has 6 heteroatoms. The zero-order chi connectivity index (χ0) is 62.4. The predicted molar refractivity (Wildman–Crippen MR) is 384 cm³/mol. The molecule has 0 bridgehead atoms. The Bertz CT molecular complexity index is 5760. The lowest BCUT2D eigenvalue weighted by molar-refractivity contribution is 0.664. The van der Waals surface area contributed by atoms with Crippen molar-refractivity contribution in [1.29, 1.82) is 0 Å². The molecule has 446 valence electrons. The molecular weight excluding hydrogens is 1120 g/mol. The van der Waals surface area contributed by atoms with Gasteiger partial charge in [-0.1, -0.05) is 196 Å². The normalized spacial score (nSPS) is 14.2. The number of para-hydroxylation sites is 6. The van der Waals surface area contributed by atoms with Gasteiger partial charge in [0.15, 0.2) is 16.7 Å². The second kappa shape index (κ2) is 20.9. The third-order valence-corrected chi connectivity index (χ3v) is 19.6. The van der Waals surface area contributed by atoms with Crippen LogP contribution in [-0.2, 0) is 5.41 Å². The van der Waals surface area contributed by atoms with E-state index < -0.39 is 5.41 Å². The minimum Gasteiger partial charge on any atom is -0.455 e. The van der Waals surface area contributed by atoms with Gasteiger partial charge in [0.1, 0.15) is 27.9 Å². The van der Waals surface area contributed by atoms with Gasteiger partial charge in [0.2, 0.25) is 0 Å². The lowest BCUT2D eigenvalue weighted by atomic mass is 9.65. The molecule has 1 unspecified atom stereocenters. The van der Waals surface area contributed by atoms with E-state index >= 15 is 0 Å². The van der Waals surface area contributed by atoms with Crippen molar-refractivity contribution in [2.24, 2.45) is 5.92 Å². The van der Waals surface area contributed by atoms with Crippen molar-refractivity contribution in [2.75, 3.05) is 9.80 Å². The van der Waals surface area contributed by atoms with E-state index in [4.69, 9.17) is 17.7 Å². The second-order valence-electron chi connectivity index (χ2n) is 25.9. The fourth-order valence-corrected chi connectivity index (χ4v) is 15.6. The number of furan rings is 4. The Balaban J connectivity index is 1.10. The Morgan fingerprint density at radius 1 is 0.380 bits per heavy atom. The maximum atomic E-state index is 7.75. The maximum absolute atomic E-state index is 7.75. The second-order valence-corrected chi connectivity index (χ2v) is 25.9. The summed E-state index contributed by atoms with van der Waals surface area (Å²) < 4.78 is 29.8. The van der Waals surface area contributed by atoms with Crippen molar-refractivity contribution in [3.05, 3.63) is 292 Å². The molecule has 16 aromatic rings. The lowest BCUT2D eigenvalue weighted by Gasteiger charge is -2.37. The highest BCUT2D eigenvalue weighted by Crippen LogP contribution is 2.65. The summed E-state index contributed by atoms with van der Waals surface area (Å²) in [4.78, 5) is 4.85. The minimum absolute atomic E-state index is 0.381. The van der Waals surface area contributed by atoms with Crippen LogP contribution < -0.4 is 9.80 Å². The summed E-state index contributed by atoms with van der Waals surface area (Å²) in [5, 5.41) is 8.27. The minimum atomic E-state index is -1.03. The summed E-state index contributed by atoms with van der Waals surface area (Å²) in [5.74, 6) is 0.381. The molecular formula is C86H68N2O4. The topological polar surface area (TPSA) is 59.0 Å². The van der Waals surface area contributed by atoms with Crippen LogP contribution in [0, 0.1) is 47.5 Å². The number of aryl methyl sites for hydroxylation is 6. The first-order chi connectivity index (χ1) is 44.9. The average Bonchev–Trinajstić information content (AvgIpc) is 1.50. The van der Waals surface area contributed by atoms with Gasteiger partial charge >= 0.3 is 0 Å². The number of fused-ring (bicyclic) bond motifs is 17. The largest absolute Gasteiger partial charge is 0.455 e. The van der Waals surface area contributed by atoms with Crippen LogP contribution in [0.2, 0.25) is 0 Å².